The summed E-state index contributed by atoms with van der Waals surface area (Å²) >= 11 is 3.49. The van der Waals surface area contributed by atoms with Gasteiger partial charge in [0.05, 0.1) is 0 Å². The van der Waals surface area contributed by atoms with Gasteiger partial charge in [0, 0.05) is 29.0 Å². The minimum Gasteiger partial charge on any atom is -0.340 e. The molecule has 0 saturated carbocycles. The third-order valence-corrected chi connectivity index (χ3v) is 4.26. The van der Waals surface area contributed by atoms with Crippen LogP contribution < -0.4 is 10.2 Å². The molecule has 3 aromatic rings. The number of nitrogens with zero attached hydrogens (tertiary/aromatic N) is 3. The average Bonchev–Trinajstić information content (AvgIpc) is 2.57. The van der Waals surface area contributed by atoms with Gasteiger partial charge in [-0.15, -0.1) is 0 Å². The lowest BCUT2D eigenvalue weighted by atomic mass is 10.2. The van der Waals surface area contributed by atoms with Crippen LogP contribution in [0.15, 0.2) is 59.1 Å². The van der Waals surface area contributed by atoms with Gasteiger partial charge in [0.1, 0.15) is 17.5 Å². The molecular weight excluding hydrogens is 364 g/mol. The zero-order valence-corrected chi connectivity index (χ0v) is 15.5. The molecule has 122 valence electrons. The average molecular weight is 383 g/mol. The molecule has 0 atom stereocenters. The molecule has 0 spiro atoms. The van der Waals surface area contributed by atoms with E-state index in [-0.39, 0.29) is 0 Å². The van der Waals surface area contributed by atoms with Gasteiger partial charge in [-0.1, -0.05) is 34.1 Å². The number of anilines is 4. The van der Waals surface area contributed by atoms with Crippen molar-refractivity contribution in [1.82, 2.24) is 9.97 Å². The molecule has 5 heteroatoms. The Hall–Kier alpha value is -2.40. The maximum Gasteiger partial charge on any atom is 0.138 e. The zero-order chi connectivity index (χ0) is 17.1. The molecule has 2 aromatic carbocycles. The molecule has 0 radical (unpaired) electrons. The van der Waals surface area contributed by atoms with Crippen molar-refractivity contribution in [2.45, 2.75) is 13.8 Å². The van der Waals surface area contributed by atoms with Gasteiger partial charge in [-0.3, -0.25) is 0 Å². The second-order valence-electron chi connectivity index (χ2n) is 5.64. The van der Waals surface area contributed by atoms with Gasteiger partial charge in [0.2, 0.25) is 0 Å². The first-order valence-corrected chi connectivity index (χ1v) is 8.50. The molecule has 1 aromatic heterocycles. The van der Waals surface area contributed by atoms with E-state index in [2.05, 4.69) is 56.3 Å². The lowest BCUT2D eigenvalue weighted by Gasteiger charge is -2.19. The van der Waals surface area contributed by atoms with Gasteiger partial charge in [-0.05, 0) is 49.7 Å². The van der Waals surface area contributed by atoms with Gasteiger partial charge in [0.15, 0.2) is 0 Å². The molecule has 0 aliphatic heterocycles. The summed E-state index contributed by atoms with van der Waals surface area (Å²) in [5, 5.41) is 3.39. The molecule has 0 aliphatic rings. The van der Waals surface area contributed by atoms with Crippen molar-refractivity contribution in [1.29, 1.82) is 0 Å². The largest absolute Gasteiger partial charge is 0.340 e. The van der Waals surface area contributed by atoms with E-state index in [1.54, 1.807) is 0 Å². The van der Waals surface area contributed by atoms with Gasteiger partial charge < -0.3 is 10.2 Å². The van der Waals surface area contributed by atoms with Crippen molar-refractivity contribution in [3.05, 3.63) is 70.5 Å². The van der Waals surface area contributed by atoms with Crippen LogP contribution in [0.25, 0.3) is 0 Å². The summed E-state index contributed by atoms with van der Waals surface area (Å²) < 4.78 is 1.06. The Bertz CT molecular complexity index is 849. The van der Waals surface area contributed by atoms with Crippen LogP contribution in [0.1, 0.15) is 11.4 Å². The standard InChI is InChI=1S/C19H19BrN4/c1-13-11-15(20)9-10-17(13)23-18-12-19(22-14(2)21-18)24(3)16-7-5-4-6-8-16/h4-12H,1-3H3,(H,21,22,23). The Morgan fingerprint density at radius 2 is 1.71 bits per heavy atom. The fourth-order valence-corrected chi connectivity index (χ4v) is 2.95. The van der Waals surface area contributed by atoms with E-state index < -0.39 is 0 Å². The summed E-state index contributed by atoms with van der Waals surface area (Å²) in [5.41, 5.74) is 3.27. The van der Waals surface area contributed by atoms with E-state index in [1.807, 2.05) is 55.3 Å². The number of nitrogens with one attached hydrogen (secondary N) is 1. The van der Waals surface area contributed by atoms with Crippen LogP contribution in [0.4, 0.5) is 23.0 Å². The van der Waals surface area contributed by atoms with Gasteiger partial charge in [-0.25, -0.2) is 9.97 Å². The predicted molar refractivity (Wildman–Crippen MR) is 103 cm³/mol. The first-order valence-electron chi connectivity index (χ1n) is 7.70. The second kappa shape index (κ2) is 7.01. The van der Waals surface area contributed by atoms with Crippen LogP contribution in [0, 0.1) is 13.8 Å². The number of para-hydroxylation sites is 1. The number of aryl methyl sites for hydroxylation is 2. The normalized spacial score (nSPS) is 10.5. The monoisotopic (exact) mass is 382 g/mol. The van der Waals surface area contributed by atoms with Crippen molar-refractivity contribution < 1.29 is 0 Å². The molecule has 0 amide bonds. The Morgan fingerprint density at radius 3 is 2.42 bits per heavy atom. The molecule has 0 unspecified atom stereocenters. The lowest BCUT2D eigenvalue weighted by molar-refractivity contribution is 1.02. The first kappa shape index (κ1) is 16.5. The van der Waals surface area contributed by atoms with Crippen LogP contribution in [0.3, 0.4) is 0 Å². The fraction of sp³-hybridized carbons (Fsp3) is 0.158. The van der Waals surface area contributed by atoms with Crippen molar-refractivity contribution in [2.24, 2.45) is 0 Å². The SMILES string of the molecule is Cc1nc(Nc2ccc(Br)cc2C)cc(N(C)c2ccccc2)n1. The minimum atomic E-state index is 0.729. The highest BCUT2D eigenvalue weighted by Gasteiger charge is 2.09. The molecule has 3 rings (SSSR count). The van der Waals surface area contributed by atoms with E-state index in [4.69, 9.17) is 0 Å². The highest BCUT2D eigenvalue weighted by Crippen LogP contribution is 2.27. The Labute approximate surface area is 150 Å². The highest BCUT2D eigenvalue weighted by atomic mass is 79.9. The summed E-state index contributed by atoms with van der Waals surface area (Å²) in [6.45, 7) is 3.97. The molecule has 24 heavy (non-hydrogen) atoms. The van der Waals surface area contributed by atoms with Crippen LogP contribution in [0.5, 0.6) is 0 Å². The van der Waals surface area contributed by atoms with Crippen molar-refractivity contribution in [3.63, 3.8) is 0 Å². The van der Waals surface area contributed by atoms with Crippen molar-refractivity contribution >= 4 is 38.9 Å². The molecule has 0 fully saturated rings. The minimum absolute atomic E-state index is 0.729. The quantitative estimate of drug-likeness (QED) is 0.658. The first-order chi connectivity index (χ1) is 11.5. The summed E-state index contributed by atoms with van der Waals surface area (Å²) in [4.78, 5) is 11.1. The van der Waals surface area contributed by atoms with E-state index >= 15 is 0 Å². The van der Waals surface area contributed by atoms with E-state index in [9.17, 15) is 0 Å². The Kier molecular flexibility index (Phi) is 4.81. The Morgan fingerprint density at radius 1 is 0.958 bits per heavy atom. The number of benzene rings is 2. The van der Waals surface area contributed by atoms with Crippen LogP contribution in [-0.2, 0) is 0 Å². The maximum absolute atomic E-state index is 4.56. The summed E-state index contributed by atoms with van der Waals surface area (Å²) in [6.07, 6.45) is 0. The topological polar surface area (TPSA) is 41.1 Å². The number of hydrogen-bond donors (Lipinski definition) is 1. The van der Waals surface area contributed by atoms with Crippen LogP contribution in [-0.4, -0.2) is 17.0 Å². The summed E-state index contributed by atoms with van der Waals surface area (Å²) in [6, 6.07) is 18.2. The summed E-state index contributed by atoms with van der Waals surface area (Å²) in [5.74, 6) is 2.37. The number of halogens is 1. The summed E-state index contributed by atoms with van der Waals surface area (Å²) in [7, 11) is 2.01. The van der Waals surface area contributed by atoms with Crippen LogP contribution >= 0.6 is 15.9 Å². The molecule has 4 nitrogen and oxygen atoms in total. The lowest BCUT2D eigenvalue weighted by Crippen LogP contribution is -2.13. The zero-order valence-electron chi connectivity index (χ0n) is 13.9. The van der Waals surface area contributed by atoms with Crippen molar-refractivity contribution in [3.8, 4) is 0 Å². The predicted octanol–water partition coefficient (Wildman–Crippen LogP) is 5.37. The molecule has 0 bridgehead atoms. The fourth-order valence-electron chi connectivity index (χ4n) is 2.48. The van der Waals surface area contributed by atoms with E-state index in [0.29, 0.717) is 0 Å². The van der Waals surface area contributed by atoms with Gasteiger partial charge in [-0.2, -0.15) is 0 Å². The van der Waals surface area contributed by atoms with Gasteiger partial charge >= 0.3 is 0 Å². The second-order valence-corrected chi connectivity index (χ2v) is 6.55. The number of rotatable bonds is 4. The van der Waals surface area contributed by atoms with Crippen LogP contribution in [0.2, 0.25) is 0 Å². The number of hydrogen-bond acceptors (Lipinski definition) is 4. The molecule has 1 N–H and O–H groups in total. The smallest absolute Gasteiger partial charge is 0.138 e. The van der Waals surface area contributed by atoms with Gasteiger partial charge in [0.25, 0.3) is 0 Å². The number of aromatic nitrogens is 2. The highest BCUT2D eigenvalue weighted by molar-refractivity contribution is 9.10. The molecular formula is C19H19BrN4. The maximum atomic E-state index is 4.56. The third-order valence-electron chi connectivity index (χ3n) is 3.76. The van der Waals surface area contributed by atoms with E-state index in [0.717, 1.165) is 38.9 Å². The molecule has 0 saturated heterocycles. The van der Waals surface area contributed by atoms with Crippen molar-refractivity contribution in [2.75, 3.05) is 17.3 Å². The van der Waals surface area contributed by atoms with E-state index in [1.165, 1.54) is 0 Å². The Balaban J connectivity index is 1.91. The molecule has 1 heterocycles. The third kappa shape index (κ3) is 3.74. The molecule has 0 aliphatic carbocycles.